The van der Waals surface area contributed by atoms with Crippen LogP contribution in [0.1, 0.15) is 37.0 Å². The molecule has 0 saturated heterocycles. The number of rotatable bonds is 8. The molecule has 174 valence electrons. The molecular weight excluding hydrogens is 438 g/mol. The fraction of sp³-hybridized carbons (Fsp3) is 0.400. The Kier molecular flexibility index (Phi) is 6.37. The molecule has 0 unspecified atom stereocenters. The summed E-state index contributed by atoms with van der Waals surface area (Å²) in [6.07, 6.45) is 0. The highest BCUT2D eigenvalue weighted by atomic mass is 32.2. The van der Waals surface area contributed by atoms with Gasteiger partial charge in [0.05, 0.1) is 6.04 Å². The Hall–Kier alpha value is -3.25. The number of benzene rings is 1. The van der Waals surface area contributed by atoms with Gasteiger partial charge in [0, 0.05) is 14.1 Å². The van der Waals surface area contributed by atoms with Crippen molar-refractivity contribution in [1.82, 2.24) is 9.46 Å². The summed E-state index contributed by atoms with van der Waals surface area (Å²) in [5, 5.41) is 30.5. The molecule has 0 amide bonds. The third-order valence-electron chi connectivity index (χ3n) is 5.09. The van der Waals surface area contributed by atoms with E-state index in [9.17, 15) is 18.7 Å². The minimum absolute atomic E-state index is 0.0350. The van der Waals surface area contributed by atoms with Crippen LogP contribution in [0, 0.1) is 19.8 Å². The summed E-state index contributed by atoms with van der Waals surface area (Å²) < 4.78 is 36.6. The zero-order valence-corrected chi connectivity index (χ0v) is 19.6. The molecule has 2 aromatic heterocycles. The molecule has 3 aromatic rings. The maximum Gasteiger partial charge on any atom is 0.370 e. The number of sulfonamides is 1. The van der Waals surface area contributed by atoms with Crippen LogP contribution < -0.4 is 15.5 Å². The predicted molar refractivity (Wildman–Crippen MR) is 116 cm³/mol. The molecule has 0 aliphatic rings. The molecule has 1 aromatic carbocycles. The number of para-hydroxylation sites is 1. The Labute approximate surface area is 186 Å². The standard InChI is InChI=1S/C20H27N5O6S/c1-11(2)17(15-10-12(3)13(4)30-15)22-19-20(25(27)31-23-19)21-14-8-7-9-16(18(14)26)32(28,29)24(5)6/h7-11,17,27H,1-6H3,(H2,22,23,26)/p+1/t17-/m1/s1. The van der Waals surface area contributed by atoms with Crippen LogP contribution in [0.5, 0.6) is 5.75 Å². The second-order valence-corrected chi connectivity index (χ2v) is 10.1. The first kappa shape index (κ1) is 23.4. The van der Waals surface area contributed by atoms with Gasteiger partial charge < -0.3 is 20.0 Å². The second-order valence-electron chi connectivity index (χ2n) is 7.96. The molecule has 4 N–H and O–H groups in total. The third-order valence-corrected chi connectivity index (χ3v) is 6.93. The Morgan fingerprint density at radius 2 is 1.91 bits per heavy atom. The van der Waals surface area contributed by atoms with Gasteiger partial charge in [-0.25, -0.2) is 12.7 Å². The summed E-state index contributed by atoms with van der Waals surface area (Å²) in [5.74, 6) is 1.16. The van der Waals surface area contributed by atoms with Crippen LogP contribution in [-0.4, -0.2) is 42.3 Å². The van der Waals surface area contributed by atoms with Crippen LogP contribution in [0.4, 0.5) is 17.3 Å². The van der Waals surface area contributed by atoms with Gasteiger partial charge in [-0.3, -0.25) is 5.32 Å². The van der Waals surface area contributed by atoms with Crippen molar-refractivity contribution in [2.24, 2.45) is 5.92 Å². The van der Waals surface area contributed by atoms with Gasteiger partial charge in [-0.2, -0.15) is 0 Å². The van der Waals surface area contributed by atoms with Crippen LogP contribution >= 0.6 is 0 Å². The Morgan fingerprint density at radius 3 is 2.47 bits per heavy atom. The topological polar surface area (TPSA) is 145 Å². The molecule has 11 nitrogen and oxygen atoms in total. The van der Waals surface area contributed by atoms with Gasteiger partial charge >= 0.3 is 11.6 Å². The minimum atomic E-state index is -3.89. The average molecular weight is 467 g/mol. The average Bonchev–Trinajstić information content (AvgIpc) is 3.22. The summed E-state index contributed by atoms with van der Waals surface area (Å²) in [5.41, 5.74) is 1.04. The third kappa shape index (κ3) is 4.36. The van der Waals surface area contributed by atoms with E-state index in [1.807, 2.05) is 33.8 Å². The maximum absolute atomic E-state index is 12.5. The molecule has 3 rings (SSSR count). The van der Waals surface area contributed by atoms with Crippen molar-refractivity contribution in [3.63, 3.8) is 0 Å². The molecule has 12 heteroatoms. The summed E-state index contributed by atoms with van der Waals surface area (Å²) >= 11 is 0. The van der Waals surface area contributed by atoms with Gasteiger partial charge in [0.25, 0.3) is 0 Å². The number of nitrogens with zero attached hydrogens (tertiary/aromatic N) is 3. The van der Waals surface area contributed by atoms with Gasteiger partial charge in [0.2, 0.25) is 10.0 Å². The van der Waals surface area contributed by atoms with Crippen LogP contribution in [0.25, 0.3) is 0 Å². The number of furan rings is 1. The fourth-order valence-electron chi connectivity index (χ4n) is 3.08. The van der Waals surface area contributed by atoms with E-state index in [2.05, 4.69) is 15.8 Å². The number of hydrogen-bond donors (Lipinski definition) is 4. The number of hydrogen-bond acceptors (Lipinski definition) is 9. The molecule has 0 aliphatic carbocycles. The van der Waals surface area contributed by atoms with Crippen molar-refractivity contribution in [1.29, 1.82) is 0 Å². The first-order valence-corrected chi connectivity index (χ1v) is 11.3. The van der Waals surface area contributed by atoms with Crippen LogP contribution in [0.2, 0.25) is 0 Å². The lowest BCUT2D eigenvalue weighted by Gasteiger charge is -2.18. The Bertz CT molecular complexity index is 1200. The summed E-state index contributed by atoms with van der Waals surface area (Å²) in [6, 6.07) is 5.83. The molecule has 2 heterocycles. The van der Waals surface area contributed by atoms with E-state index in [0.29, 0.717) is 10.7 Å². The SMILES string of the molecule is Cc1cc([C@H](Nc2no[n+](O)c2Nc2cccc(S(=O)(=O)N(C)C)c2O)C(C)C)oc1C. The Balaban J connectivity index is 1.96. The van der Waals surface area contributed by atoms with E-state index in [1.54, 1.807) is 0 Å². The summed E-state index contributed by atoms with van der Waals surface area (Å²) in [6.45, 7) is 7.81. The highest BCUT2D eigenvalue weighted by molar-refractivity contribution is 7.89. The summed E-state index contributed by atoms with van der Waals surface area (Å²) in [7, 11) is -1.16. The Morgan fingerprint density at radius 1 is 1.22 bits per heavy atom. The first-order chi connectivity index (χ1) is 14.9. The lowest BCUT2D eigenvalue weighted by atomic mass is 10.0. The van der Waals surface area contributed by atoms with Gasteiger partial charge in [0.1, 0.15) is 32.2 Å². The van der Waals surface area contributed by atoms with Gasteiger partial charge in [-0.15, -0.1) is 0 Å². The molecule has 0 saturated carbocycles. The highest BCUT2D eigenvalue weighted by Gasteiger charge is 2.32. The molecule has 0 radical (unpaired) electrons. The number of aromatic nitrogens is 2. The van der Waals surface area contributed by atoms with Crippen molar-refractivity contribution < 1.29 is 32.7 Å². The maximum atomic E-state index is 12.5. The minimum Gasteiger partial charge on any atom is -0.503 e. The largest absolute Gasteiger partial charge is 0.503 e. The number of aryl methyl sites for hydroxylation is 2. The van der Waals surface area contributed by atoms with E-state index in [1.165, 1.54) is 32.3 Å². The fourth-order valence-corrected chi connectivity index (χ4v) is 4.08. The predicted octanol–water partition coefficient (Wildman–Crippen LogP) is 2.92. The van der Waals surface area contributed by atoms with E-state index in [-0.39, 0.29) is 34.2 Å². The zero-order chi connectivity index (χ0) is 23.8. The zero-order valence-electron chi connectivity index (χ0n) is 18.7. The molecule has 0 fully saturated rings. The van der Waals surface area contributed by atoms with Crippen molar-refractivity contribution in [3.8, 4) is 5.75 Å². The van der Waals surface area contributed by atoms with E-state index in [4.69, 9.17) is 9.05 Å². The number of anilines is 3. The first-order valence-electron chi connectivity index (χ1n) is 9.90. The quantitative estimate of drug-likeness (QED) is 0.291. The number of nitrogens with one attached hydrogen (secondary N) is 2. The number of phenolic OH excluding ortho intramolecular Hbond substituents is 1. The smallest absolute Gasteiger partial charge is 0.370 e. The highest BCUT2D eigenvalue weighted by Crippen LogP contribution is 2.36. The van der Waals surface area contributed by atoms with Crippen molar-refractivity contribution in [3.05, 3.63) is 41.3 Å². The molecule has 32 heavy (non-hydrogen) atoms. The number of aromatic hydroxyl groups is 1. The van der Waals surface area contributed by atoms with E-state index in [0.717, 1.165) is 15.6 Å². The molecule has 0 spiro atoms. The van der Waals surface area contributed by atoms with Crippen molar-refractivity contribution in [2.75, 3.05) is 24.7 Å². The lowest BCUT2D eigenvalue weighted by molar-refractivity contribution is -1.03. The normalized spacial score (nSPS) is 13.0. The number of phenols is 1. The van der Waals surface area contributed by atoms with Crippen LogP contribution in [0.3, 0.4) is 0 Å². The molecule has 0 bridgehead atoms. The van der Waals surface area contributed by atoms with Crippen LogP contribution in [-0.2, 0) is 10.0 Å². The van der Waals surface area contributed by atoms with Crippen LogP contribution in [0.15, 0.2) is 38.2 Å². The lowest BCUT2D eigenvalue weighted by Crippen LogP contribution is -2.30. The van der Waals surface area contributed by atoms with Gasteiger partial charge in [-0.05, 0) is 43.5 Å². The monoisotopic (exact) mass is 466 g/mol. The van der Waals surface area contributed by atoms with E-state index < -0.39 is 15.8 Å². The van der Waals surface area contributed by atoms with Gasteiger partial charge in [-0.1, -0.05) is 24.5 Å². The van der Waals surface area contributed by atoms with Gasteiger partial charge in [0.15, 0.2) is 5.75 Å². The molecule has 0 aliphatic heterocycles. The van der Waals surface area contributed by atoms with E-state index >= 15 is 0 Å². The molecular formula is C20H28N5O6S+. The summed E-state index contributed by atoms with van der Waals surface area (Å²) in [4.78, 5) is 0.0924. The van der Waals surface area contributed by atoms with Crippen molar-refractivity contribution in [2.45, 2.75) is 38.6 Å². The molecule has 1 atom stereocenters. The second kappa shape index (κ2) is 8.71. The van der Waals surface area contributed by atoms with Crippen molar-refractivity contribution >= 4 is 27.3 Å².